The van der Waals surface area contributed by atoms with Crippen LogP contribution in [-0.4, -0.2) is 43.8 Å². The summed E-state index contributed by atoms with van der Waals surface area (Å²) < 4.78 is 39.6. The molecule has 0 amide bonds. The number of ether oxygens (including phenoxy) is 2. The maximum absolute atomic E-state index is 13.7. The van der Waals surface area contributed by atoms with Crippen LogP contribution in [0.3, 0.4) is 0 Å². The highest BCUT2D eigenvalue weighted by molar-refractivity contribution is 7.46. The predicted octanol–water partition coefficient (Wildman–Crippen LogP) is 4.81. The molecule has 5 rings (SSSR count). The van der Waals surface area contributed by atoms with Crippen LogP contribution in [0, 0.1) is 11.7 Å². The average molecular weight is 529 g/mol. The monoisotopic (exact) mass is 529 g/mol. The molecule has 0 saturated heterocycles. The Morgan fingerprint density at radius 1 is 1.19 bits per heavy atom. The molecule has 1 aliphatic carbocycles. The number of carbonyl (C=O) groups is 1. The van der Waals surface area contributed by atoms with Crippen LogP contribution in [0.5, 0.6) is 5.88 Å². The van der Waals surface area contributed by atoms with Crippen molar-refractivity contribution in [2.24, 2.45) is 5.92 Å². The number of aromatic amines is 1. The standard InChI is InChI=1S/C25H25FN3O7P/c1-13(2)23-22(14-3-5-17(26)6-4-14)19-9-16-11-27-29-21(16)10-20(19)24(28-23)36-18-7-15(8-18)25(30)34-12-35-37(31,32)33/h3-6,9-11,13,15,18H,7-8,12H2,1-2H3,(H,27,29)(H2,31,32,33)/t15-,18-. The Balaban J connectivity index is 1.45. The van der Waals surface area contributed by atoms with Crippen molar-refractivity contribution in [3.63, 3.8) is 0 Å². The van der Waals surface area contributed by atoms with E-state index in [0.717, 1.165) is 38.5 Å². The first kappa shape index (κ1) is 25.3. The lowest BCUT2D eigenvalue weighted by molar-refractivity contribution is -0.162. The van der Waals surface area contributed by atoms with Gasteiger partial charge in [0.1, 0.15) is 11.9 Å². The zero-order chi connectivity index (χ0) is 26.3. The number of rotatable bonds is 8. The summed E-state index contributed by atoms with van der Waals surface area (Å²) in [7, 11) is -4.71. The highest BCUT2D eigenvalue weighted by atomic mass is 31.2. The number of benzene rings is 2. The lowest BCUT2D eigenvalue weighted by atomic mass is 9.82. The molecule has 2 aromatic heterocycles. The number of hydrogen-bond donors (Lipinski definition) is 3. The first-order chi connectivity index (χ1) is 17.6. The molecule has 194 valence electrons. The average Bonchev–Trinajstić information content (AvgIpc) is 3.26. The molecule has 37 heavy (non-hydrogen) atoms. The number of pyridine rings is 1. The normalized spacial score (nSPS) is 17.8. The maximum Gasteiger partial charge on any atom is 0.472 e. The number of nitrogens with one attached hydrogen (secondary N) is 1. The van der Waals surface area contributed by atoms with E-state index in [4.69, 9.17) is 24.2 Å². The van der Waals surface area contributed by atoms with Crippen LogP contribution in [0.4, 0.5) is 4.39 Å². The van der Waals surface area contributed by atoms with E-state index < -0.39 is 26.5 Å². The molecular formula is C25H25FN3O7P. The van der Waals surface area contributed by atoms with E-state index in [9.17, 15) is 13.8 Å². The summed E-state index contributed by atoms with van der Waals surface area (Å²) >= 11 is 0. The molecule has 1 aliphatic rings. The van der Waals surface area contributed by atoms with Crippen LogP contribution in [0.2, 0.25) is 0 Å². The fourth-order valence-electron chi connectivity index (χ4n) is 4.45. The summed E-state index contributed by atoms with van der Waals surface area (Å²) in [6.07, 6.45) is 2.16. The minimum atomic E-state index is -4.71. The van der Waals surface area contributed by atoms with Gasteiger partial charge in [-0.25, -0.2) is 18.5 Å². The maximum atomic E-state index is 13.7. The van der Waals surface area contributed by atoms with Crippen LogP contribution in [0.15, 0.2) is 42.6 Å². The smallest absolute Gasteiger partial charge is 0.472 e. The van der Waals surface area contributed by atoms with Crippen LogP contribution in [0.25, 0.3) is 32.8 Å². The number of esters is 1. The van der Waals surface area contributed by atoms with Gasteiger partial charge < -0.3 is 19.3 Å². The van der Waals surface area contributed by atoms with Crippen LogP contribution >= 0.6 is 7.82 Å². The number of fused-ring (bicyclic) bond motifs is 2. The Bertz CT molecular complexity index is 1510. The second kappa shape index (κ2) is 9.83. The molecule has 3 N–H and O–H groups in total. The van der Waals surface area contributed by atoms with Crippen molar-refractivity contribution >= 4 is 35.5 Å². The van der Waals surface area contributed by atoms with Crippen molar-refractivity contribution in [3.8, 4) is 17.0 Å². The molecule has 4 aromatic rings. The first-order valence-electron chi connectivity index (χ1n) is 11.7. The molecule has 2 heterocycles. The van der Waals surface area contributed by atoms with Gasteiger partial charge in [-0.2, -0.15) is 5.10 Å². The Hall–Kier alpha value is -3.37. The second-order valence-electron chi connectivity index (χ2n) is 9.30. The number of halogens is 1. The summed E-state index contributed by atoms with van der Waals surface area (Å²) in [5.41, 5.74) is 3.32. The van der Waals surface area contributed by atoms with E-state index in [2.05, 4.69) is 14.7 Å². The third kappa shape index (κ3) is 5.35. The Morgan fingerprint density at radius 3 is 2.59 bits per heavy atom. The Morgan fingerprint density at radius 2 is 1.92 bits per heavy atom. The fraction of sp³-hybridized carbons (Fsp3) is 0.320. The number of aromatic nitrogens is 3. The predicted molar refractivity (Wildman–Crippen MR) is 132 cm³/mol. The van der Waals surface area contributed by atoms with E-state index >= 15 is 0 Å². The van der Waals surface area contributed by atoms with Crippen molar-refractivity contribution in [2.75, 3.05) is 6.79 Å². The van der Waals surface area contributed by atoms with Crippen LogP contribution < -0.4 is 4.74 Å². The molecule has 1 fully saturated rings. The van der Waals surface area contributed by atoms with E-state index in [0.29, 0.717) is 18.7 Å². The highest BCUT2D eigenvalue weighted by Crippen LogP contribution is 2.42. The summed E-state index contributed by atoms with van der Waals surface area (Å²) in [6.45, 7) is 3.23. The number of H-pyrrole nitrogens is 1. The van der Waals surface area contributed by atoms with Crippen LogP contribution in [0.1, 0.15) is 38.3 Å². The lowest BCUT2D eigenvalue weighted by Gasteiger charge is -2.33. The fourth-order valence-corrected chi connectivity index (χ4v) is 4.64. The number of phosphoric ester groups is 1. The van der Waals surface area contributed by atoms with Gasteiger partial charge in [0.2, 0.25) is 12.7 Å². The minimum absolute atomic E-state index is 0.0324. The van der Waals surface area contributed by atoms with Gasteiger partial charge in [0, 0.05) is 16.3 Å². The molecule has 0 radical (unpaired) electrons. The van der Waals surface area contributed by atoms with Gasteiger partial charge in [-0.05, 0) is 54.0 Å². The van der Waals surface area contributed by atoms with Crippen molar-refractivity contribution in [1.82, 2.24) is 15.2 Å². The third-order valence-corrected chi connectivity index (χ3v) is 6.81. The van der Waals surface area contributed by atoms with Crippen molar-refractivity contribution in [3.05, 3.63) is 54.1 Å². The summed E-state index contributed by atoms with van der Waals surface area (Å²) in [4.78, 5) is 34.4. The van der Waals surface area contributed by atoms with Crippen LogP contribution in [-0.2, 0) is 18.6 Å². The van der Waals surface area contributed by atoms with Gasteiger partial charge in [0.15, 0.2) is 0 Å². The molecule has 0 atom stereocenters. The van der Waals surface area contributed by atoms with E-state index in [1.165, 1.54) is 12.1 Å². The highest BCUT2D eigenvalue weighted by Gasteiger charge is 2.38. The Kier molecular flexibility index (Phi) is 6.72. The molecule has 2 aromatic carbocycles. The van der Waals surface area contributed by atoms with E-state index in [1.54, 1.807) is 18.3 Å². The molecule has 0 aliphatic heterocycles. The molecule has 0 spiro atoms. The molecule has 1 saturated carbocycles. The molecular weight excluding hydrogens is 504 g/mol. The van der Waals surface area contributed by atoms with Crippen molar-refractivity contribution < 1.29 is 37.5 Å². The number of nitrogens with zero attached hydrogens (tertiary/aromatic N) is 2. The zero-order valence-corrected chi connectivity index (χ0v) is 20.9. The van der Waals surface area contributed by atoms with Gasteiger partial charge in [0.05, 0.1) is 23.3 Å². The van der Waals surface area contributed by atoms with E-state index in [-0.39, 0.29) is 17.8 Å². The third-order valence-electron chi connectivity index (χ3n) is 6.36. The minimum Gasteiger partial charge on any atom is -0.474 e. The summed E-state index contributed by atoms with van der Waals surface area (Å²) in [5, 5.41) is 9.65. The first-order valence-corrected chi connectivity index (χ1v) is 13.2. The van der Waals surface area contributed by atoms with E-state index in [1.807, 2.05) is 26.0 Å². The molecule has 10 nitrogen and oxygen atoms in total. The zero-order valence-electron chi connectivity index (χ0n) is 20.1. The van der Waals surface area contributed by atoms with Gasteiger partial charge in [-0.15, -0.1) is 0 Å². The number of phosphoric acid groups is 1. The number of hydrogen-bond acceptors (Lipinski definition) is 7. The topological polar surface area (TPSA) is 144 Å². The summed E-state index contributed by atoms with van der Waals surface area (Å²) in [6, 6.07) is 10.2. The van der Waals surface area contributed by atoms with Gasteiger partial charge in [-0.1, -0.05) is 26.0 Å². The Labute approximate surface area is 211 Å². The summed E-state index contributed by atoms with van der Waals surface area (Å²) in [5.74, 6) is -0.956. The molecule has 12 heteroatoms. The van der Waals surface area contributed by atoms with Crippen molar-refractivity contribution in [1.29, 1.82) is 0 Å². The number of carbonyl (C=O) groups excluding carboxylic acids is 1. The SMILES string of the molecule is CC(C)c1nc(O[C@H]2C[C@H](C(=O)OCOP(=O)(O)O)C2)c2cc3[nH]ncc3cc2c1-c1ccc(F)cc1. The van der Waals surface area contributed by atoms with Crippen molar-refractivity contribution in [2.45, 2.75) is 38.7 Å². The molecule has 0 unspecified atom stereocenters. The van der Waals surface area contributed by atoms with Gasteiger partial charge >= 0.3 is 13.8 Å². The quantitative estimate of drug-likeness (QED) is 0.166. The van der Waals surface area contributed by atoms with Gasteiger partial charge in [0.25, 0.3) is 0 Å². The second-order valence-corrected chi connectivity index (χ2v) is 10.5. The lowest BCUT2D eigenvalue weighted by Crippen LogP contribution is -2.39. The largest absolute Gasteiger partial charge is 0.474 e. The van der Waals surface area contributed by atoms with Gasteiger partial charge in [-0.3, -0.25) is 9.89 Å². The molecule has 0 bridgehead atoms.